The van der Waals surface area contributed by atoms with Crippen molar-refractivity contribution >= 4 is 17.7 Å². The van der Waals surface area contributed by atoms with Gasteiger partial charge in [-0.3, -0.25) is 0 Å². The molecule has 64 valence electrons. The molecule has 0 amide bonds. The molecule has 0 atom stereocenters. The summed E-state index contributed by atoms with van der Waals surface area (Å²) in [6, 6.07) is 0. The lowest BCUT2D eigenvalue weighted by Crippen LogP contribution is -2.01. The van der Waals surface area contributed by atoms with E-state index < -0.39 is 0 Å². The second-order valence-electron chi connectivity index (χ2n) is 1.79. The molecule has 0 unspecified atom stereocenters. The number of rotatable bonds is 5. The molecule has 0 aliphatic rings. The number of nitrogens with two attached hydrogens (primary N) is 1. The molecule has 0 fully saturated rings. The Morgan fingerprint density at radius 1 is 1.73 bits per heavy atom. The van der Waals surface area contributed by atoms with E-state index in [-0.39, 0.29) is 5.97 Å². The highest BCUT2D eigenvalue weighted by Crippen LogP contribution is 1.97. The molecule has 4 heteroatoms. The van der Waals surface area contributed by atoms with Crippen LogP contribution >= 0.6 is 11.8 Å². The Bertz CT molecular complexity index is 136. The van der Waals surface area contributed by atoms with Gasteiger partial charge in [-0.15, -0.1) is 0 Å². The molecule has 0 aromatic heterocycles. The molecule has 0 heterocycles. The number of thioether (sulfide) groups is 1. The zero-order chi connectivity index (χ0) is 8.53. The summed E-state index contributed by atoms with van der Waals surface area (Å²) in [5.41, 5.74) is 5.26. The third-order valence-electron chi connectivity index (χ3n) is 0.931. The van der Waals surface area contributed by atoms with Gasteiger partial charge in [0.2, 0.25) is 0 Å². The van der Waals surface area contributed by atoms with Gasteiger partial charge < -0.3 is 10.5 Å². The zero-order valence-corrected chi connectivity index (χ0v) is 7.39. The molecule has 0 saturated carbocycles. The van der Waals surface area contributed by atoms with E-state index in [2.05, 4.69) is 4.74 Å². The average molecular weight is 175 g/mol. The minimum atomic E-state index is -0.307. The molecule has 2 N–H and O–H groups in total. The van der Waals surface area contributed by atoms with Crippen LogP contribution in [-0.4, -0.2) is 31.1 Å². The van der Waals surface area contributed by atoms with Gasteiger partial charge in [-0.05, 0) is 0 Å². The van der Waals surface area contributed by atoms with Crippen LogP contribution in [0.2, 0.25) is 0 Å². The quantitative estimate of drug-likeness (QED) is 0.373. The molecule has 11 heavy (non-hydrogen) atoms. The maximum Gasteiger partial charge on any atom is 0.330 e. The maximum absolute atomic E-state index is 10.5. The predicted octanol–water partition coefficient (Wildman–Crippen LogP) is 0.408. The van der Waals surface area contributed by atoms with Crippen molar-refractivity contribution in [2.24, 2.45) is 5.73 Å². The second-order valence-corrected chi connectivity index (χ2v) is 2.94. The van der Waals surface area contributed by atoms with Crippen molar-refractivity contribution in [1.29, 1.82) is 0 Å². The number of carbonyl (C=O) groups excluding carboxylic acids is 1. The van der Waals surface area contributed by atoms with Gasteiger partial charge in [0.05, 0.1) is 7.11 Å². The Balaban J connectivity index is 3.22. The van der Waals surface area contributed by atoms with E-state index in [0.29, 0.717) is 6.54 Å². The molecule has 0 aromatic carbocycles. The number of esters is 1. The monoisotopic (exact) mass is 175 g/mol. The van der Waals surface area contributed by atoms with E-state index in [4.69, 9.17) is 5.73 Å². The van der Waals surface area contributed by atoms with Gasteiger partial charge in [0.15, 0.2) is 0 Å². The highest BCUT2D eigenvalue weighted by atomic mass is 32.2. The molecule has 0 aliphatic heterocycles. The first-order chi connectivity index (χ1) is 5.31. The largest absolute Gasteiger partial charge is 0.466 e. The zero-order valence-electron chi connectivity index (χ0n) is 6.58. The standard InChI is InChI=1S/C7H13NO2S/c1-10-7(9)3-2-5-11-6-4-8/h2-3H,4-6,8H2,1H3. The first-order valence-corrected chi connectivity index (χ1v) is 4.49. The van der Waals surface area contributed by atoms with Crippen LogP contribution in [0.3, 0.4) is 0 Å². The first kappa shape index (κ1) is 10.5. The Morgan fingerprint density at radius 3 is 3.00 bits per heavy atom. The van der Waals surface area contributed by atoms with E-state index in [1.54, 1.807) is 17.8 Å². The number of hydrogen-bond donors (Lipinski definition) is 1. The number of hydrogen-bond acceptors (Lipinski definition) is 4. The third-order valence-corrected chi connectivity index (χ3v) is 1.88. The Morgan fingerprint density at radius 2 is 2.45 bits per heavy atom. The van der Waals surface area contributed by atoms with Crippen LogP contribution in [0.25, 0.3) is 0 Å². The van der Waals surface area contributed by atoms with Crippen molar-refractivity contribution < 1.29 is 9.53 Å². The van der Waals surface area contributed by atoms with Crippen LogP contribution in [0, 0.1) is 0 Å². The van der Waals surface area contributed by atoms with Gasteiger partial charge in [0.25, 0.3) is 0 Å². The van der Waals surface area contributed by atoms with Crippen LogP contribution < -0.4 is 5.73 Å². The fourth-order valence-corrected chi connectivity index (χ4v) is 1.01. The van der Waals surface area contributed by atoms with Crippen LogP contribution in [0.5, 0.6) is 0 Å². The Kier molecular flexibility index (Phi) is 7.29. The van der Waals surface area contributed by atoms with E-state index in [9.17, 15) is 4.79 Å². The first-order valence-electron chi connectivity index (χ1n) is 3.33. The Hall–Kier alpha value is -0.480. The predicted molar refractivity (Wildman–Crippen MR) is 47.5 cm³/mol. The van der Waals surface area contributed by atoms with Crippen molar-refractivity contribution in [2.75, 3.05) is 25.2 Å². The summed E-state index contributed by atoms with van der Waals surface area (Å²) in [7, 11) is 1.36. The summed E-state index contributed by atoms with van der Waals surface area (Å²) in [5.74, 6) is 1.43. The molecule has 0 aliphatic carbocycles. The fourth-order valence-electron chi connectivity index (χ4n) is 0.447. The second kappa shape index (κ2) is 7.63. The smallest absolute Gasteiger partial charge is 0.330 e. The molecular weight excluding hydrogens is 162 g/mol. The minimum Gasteiger partial charge on any atom is -0.466 e. The van der Waals surface area contributed by atoms with Crippen molar-refractivity contribution in [1.82, 2.24) is 0 Å². The molecule has 0 saturated heterocycles. The lowest BCUT2D eigenvalue weighted by Gasteiger charge is -1.92. The molecule has 3 nitrogen and oxygen atoms in total. The van der Waals surface area contributed by atoms with Crippen LogP contribution in [0.4, 0.5) is 0 Å². The fraction of sp³-hybridized carbons (Fsp3) is 0.571. The highest BCUT2D eigenvalue weighted by molar-refractivity contribution is 7.99. The summed E-state index contributed by atoms with van der Waals surface area (Å²) in [4.78, 5) is 10.5. The van der Waals surface area contributed by atoms with E-state index >= 15 is 0 Å². The van der Waals surface area contributed by atoms with Crippen molar-refractivity contribution in [3.05, 3.63) is 12.2 Å². The minimum absolute atomic E-state index is 0.307. The molecule has 0 radical (unpaired) electrons. The van der Waals surface area contributed by atoms with Crippen molar-refractivity contribution in [3.8, 4) is 0 Å². The van der Waals surface area contributed by atoms with Gasteiger partial charge in [0, 0.05) is 24.1 Å². The molecule has 0 bridgehead atoms. The molecular formula is C7H13NO2S. The summed E-state index contributed by atoms with van der Waals surface area (Å²) in [5, 5.41) is 0. The van der Waals surface area contributed by atoms with Gasteiger partial charge in [-0.1, -0.05) is 6.08 Å². The van der Waals surface area contributed by atoms with Crippen LogP contribution in [0.15, 0.2) is 12.2 Å². The lowest BCUT2D eigenvalue weighted by atomic mass is 10.5. The summed E-state index contributed by atoms with van der Waals surface area (Å²) in [6.07, 6.45) is 3.19. The van der Waals surface area contributed by atoms with Crippen LogP contribution in [-0.2, 0) is 9.53 Å². The van der Waals surface area contributed by atoms with Crippen molar-refractivity contribution in [2.45, 2.75) is 0 Å². The number of methoxy groups -OCH3 is 1. The summed E-state index contributed by atoms with van der Waals surface area (Å²) >= 11 is 1.69. The summed E-state index contributed by atoms with van der Waals surface area (Å²) in [6.45, 7) is 0.677. The van der Waals surface area contributed by atoms with Gasteiger partial charge in [-0.2, -0.15) is 11.8 Å². The highest BCUT2D eigenvalue weighted by Gasteiger charge is 1.88. The normalized spacial score (nSPS) is 10.4. The summed E-state index contributed by atoms with van der Waals surface area (Å²) < 4.78 is 4.40. The Labute approximate surface area is 71.0 Å². The lowest BCUT2D eigenvalue weighted by molar-refractivity contribution is -0.134. The van der Waals surface area contributed by atoms with Crippen molar-refractivity contribution in [3.63, 3.8) is 0 Å². The maximum atomic E-state index is 10.5. The van der Waals surface area contributed by atoms with E-state index in [1.807, 2.05) is 0 Å². The average Bonchev–Trinajstić information content (AvgIpc) is 2.04. The molecule has 0 aromatic rings. The third kappa shape index (κ3) is 7.42. The van der Waals surface area contributed by atoms with Gasteiger partial charge >= 0.3 is 5.97 Å². The molecule has 0 spiro atoms. The van der Waals surface area contributed by atoms with E-state index in [1.165, 1.54) is 13.2 Å². The van der Waals surface area contributed by atoms with Crippen LogP contribution in [0.1, 0.15) is 0 Å². The van der Waals surface area contributed by atoms with Gasteiger partial charge in [0.1, 0.15) is 0 Å². The molecule has 0 rings (SSSR count). The van der Waals surface area contributed by atoms with Gasteiger partial charge in [-0.25, -0.2) is 4.79 Å². The number of ether oxygens (including phenoxy) is 1. The SMILES string of the molecule is COC(=O)C=CCSCCN. The number of carbonyl (C=O) groups is 1. The topological polar surface area (TPSA) is 52.3 Å². The van der Waals surface area contributed by atoms with E-state index in [0.717, 1.165) is 11.5 Å².